The third-order valence-electron chi connectivity index (χ3n) is 6.61. The second-order valence-electron chi connectivity index (χ2n) is 9.87. The number of hydrogen-bond acceptors (Lipinski definition) is 3. The van der Waals surface area contributed by atoms with Crippen LogP contribution in [0, 0.1) is 35.0 Å². The maximum absolute atomic E-state index is 9.98. The number of aliphatic hydroxyl groups is 3. The quantitative estimate of drug-likeness (QED) is 0.628. The van der Waals surface area contributed by atoms with Gasteiger partial charge in [0, 0.05) is 12.8 Å². The molecule has 0 radical (unpaired) electrons. The van der Waals surface area contributed by atoms with E-state index in [4.69, 9.17) is 0 Å². The zero-order valence-corrected chi connectivity index (χ0v) is 18.2. The molecule has 0 unspecified atom stereocenters. The SMILES string of the molecule is C=C1/C(=C\C=C\[C@@H]2CC[C@H]([C@@H](C)CC#CC(C)(C)O)C2(C)C)C[C@@H](O)C[C@@H]1O. The summed E-state index contributed by atoms with van der Waals surface area (Å²) in [4.78, 5) is 0. The lowest BCUT2D eigenvalue weighted by Gasteiger charge is -2.35. The fourth-order valence-electron chi connectivity index (χ4n) is 4.87. The smallest absolute Gasteiger partial charge is 0.119 e. The maximum atomic E-state index is 9.98. The fourth-order valence-corrected chi connectivity index (χ4v) is 4.87. The number of rotatable bonds is 4. The van der Waals surface area contributed by atoms with Crippen LogP contribution in [0.3, 0.4) is 0 Å². The van der Waals surface area contributed by atoms with Gasteiger partial charge in [-0.15, -0.1) is 5.92 Å². The Morgan fingerprint density at radius 2 is 1.96 bits per heavy atom. The molecule has 28 heavy (non-hydrogen) atoms. The van der Waals surface area contributed by atoms with Crippen LogP contribution in [0.2, 0.25) is 0 Å². The Bertz CT molecular complexity index is 681. The van der Waals surface area contributed by atoms with E-state index in [9.17, 15) is 15.3 Å². The first-order chi connectivity index (χ1) is 12.9. The molecule has 2 saturated carbocycles. The summed E-state index contributed by atoms with van der Waals surface area (Å²) in [6, 6.07) is 0. The lowest BCUT2D eigenvalue weighted by Crippen LogP contribution is -2.28. The second-order valence-corrected chi connectivity index (χ2v) is 9.87. The molecule has 0 saturated heterocycles. The molecular weight excluding hydrogens is 348 g/mol. The molecule has 0 aromatic rings. The van der Waals surface area contributed by atoms with Crippen molar-refractivity contribution in [3.05, 3.63) is 36.0 Å². The van der Waals surface area contributed by atoms with E-state index in [1.54, 1.807) is 13.8 Å². The lowest BCUT2D eigenvalue weighted by molar-refractivity contribution is 0.0862. The molecule has 2 fully saturated rings. The molecule has 3 nitrogen and oxygen atoms in total. The van der Waals surface area contributed by atoms with Gasteiger partial charge in [-0.1, -0.05) is 51.5 Å². The predicted octanol–water partition coefficient (Wildman–Crippen LogP) is 4.39. The minimum atomic E-state index is -0.923. The topological polar surface area (TPSA) is 60.7 Å². The van der Waals surface area contributed by atoms with Gasteiger partial charge >= 0.3 is 0 Å². The van der Waals surface area contributed by atoms with E-state index in [-0.39, 0.29) is 5.41 Å². The van der Waals surface area contributed by atoms with E-state index in [1.807, 2.05) is 6.08 Å². The van der Waals surface area contributed by atoms with Gasteiger partial charge in [-0.05, 0) is 67.4 Å². The van der Waals surface area contributed by atoms with Crippen molar-refractivity contribution in [3.8, 4) is 11.8 Å². The van der Waals surface area contributed by atoms with E-state index < -0.39 is 17.8 Å². The minimum Gasteiger partial charge on any atom is -0.393 e. The summed E-state index contributed by atoms with van der Waals surface area (Å²) in [7, 11) is 0. The number of aliphatic hydroxyl groups excluding tert-OH is 2. The Morgan fingerprint density at radius 3 is 2.61 bits per heavy atom. The van der Waals surface area contributed by atoms with Gasteiger partial charge in [-0.2, -0.15) is 0 Å². The largest absolute Gasteiger partial charge is 0.393 e. The Balaban J connectivity index is 2.02. The van der Waals surface area contributed by atoms with Crippen LogP contribution in [0.5, 0.6) is 0 Å². The van der Waals surface area contributed by atoms with Crippen molar-refractivity contribution in [2.45, 2.75) is 84.5 Å². The first kappa shape index (κ1) is 22.9. The molecule has 3 N–H and O–H groups in total. The van der Waals surface area contributed by atoms with Gasteiger partial charge in [-0.3, -0.25) is 0 Å². The Morgan fingerprint density at radius 1 is 1.29 bits per heavy atom. The predicted molar refractivity (Wildman–Crippen MR) is 115 cm³/mol. The van der Waals surface area contributed by atoms with Crippen LogP contribution in [-0.2, 0) is 0 Å². The van der Waals surface area contributed by atoms with Gasteiger partial charge in [-0.25, -0.2) is 0 Å². The monoisotopic (exact) mass is 386 g/mol. The molecule has 0 aliphatic heterocycles. The molecule has 2 aliphatic carbocycles. The third-order valence-corrected chi connectivity index (χ3v) is 6.61. The van der Waals surface area contributed by atoms with E-state index in [0.29, 0.717) is 30.6 Å². The zero-order valence-electron chi connectivity index (χ0n) is 18.2. The standard InChI is InChI=1S/C25H38O3/c1-17(9-8-14-24(3,4)28)22-13-12-20(25(22,5)6)11-7-10-19-15-21(26)16-23(27)18(19)2/h7,10-11,17,20-23,26-28H,2,9,12-13,15-16H2,1,3-6H3/b11-7+,19-10-/t17-,20+,21+,22+,23-/m0/s1. The van der Waals surface area contributed by atoms with Crippen LogP contribution >= 0.6 is 0 Å². The second kappa shape index (κ2) is 8.99. The van der Waals surface area contributed by atoms with Crippen molar-refractivity contribution in [1.29, 1.82) is 0 Å². The molecule has 156 valence electrons. The lowest BCUT2D eigenvalue weighted by atomic mass is 9.70. The van der Waals surface area contributed by atoms with Crippen molar-refractivity contribution in [1.82, 2.24) is 0 Å². The van der Waals surface area contributed by atoms with Gasteiger partial charge in [0.05, 0.1) is 12.2 Å². The average Bonchev–Trinajstić information content (AvgIpc) is 2.85. The first-order valence-corrected chi connectivity index (χ1v) is 10.6. The molecule has 2 aliphatic rings. The Hall–Kier alpha value is -1.34. The summed E-state index contributed by atoms with van der Waals surface area (Å²) < 4.78 is 0. The van der Waals surface area contributed by atoms with Crippen LogP contribution in [0.1, 0.15) is 66.7 Å². The summed E-state index contributed by atoms with van der Waals surface area (Å²) in [6.07, 6.45) is 9.35. The van der Waals surface area contributed by atoms with Crippen LogP contribution in [0.25, 0.3) is 0 Å². The molecule has 0 bridgehead atoms. The van der Waals surface area contributed by atoms with Crippen molar-refractivity contribution in [2.75, 3.05) is 0 Å². The Labute approximate surface area is 171 Å². The van der Waals surface area contributed by atoms with Gasteiger partial charge in [0.2, 0.25) is 0 Å². The number of hydrogen-bond donors (Lipinski definition) is 3. The molecule has 0 heterocycles. The highest BCUT2D eigenvalue weighted by atomic mass is 16.3. The highest BCUT2D eigenvalue weighted by Gasteiger charge is 2.43. The zero-order chi connectivity index (χ0) is 21.1. The van der Waals surface area contributed by atoms with Gasteiger partial charge in [0.15, 0.2) is 0 Å². The van der Waals surface area contributed by atoms with Crippen LogP contribution < -0.4 is 0 Å². The van der Waals surface area contributed by atoms with Crippen molar-refractivity contribution >= 4 is 0 Å². The average molecular weight is 387 g/mol. The van der Waals surface area contributed by atoms with Crippen molar-refractivity contribution in [3.63, 3.8) is 0 Å². The maximum Gasteiger partial charge on any atom is 0.119 e. The van der Waals surface area contributed by atoms with E-state index >= 15 is 0 Å². The first-order valence-electron chi connectivity index (χ1n) is 10.6. The molecule has 0 aromatic carbocycles. The summed E-state index contributed by atoms with van der Waals surface area (Å²) >= 11 is 0. The van der Waals surface area contributed by atoms with Gasteiger partial charge in [0.25, 0.3) is 0 Å². The van der Waals surface area contributed by atoms with Crippen LogP contribution in [0.15, 0.2) is 36.0 Å². The highest BCUT2D eigenvalue weighted by Crippen LogP contribution is 2.51. The molecule has 5 atom stereocenters. The van der Waals surface area contributed by atoms with Gasteiger partial charge < -0.3 is 15.3 Å². The van der Waals surface area contributed by atoms with Crippen molar-refractivity contribution in [2.24, 2.45) is 23.2 Å². The molecule has 3 heteroatoms. The van der Waals surface area contributed by atoms with E-state index in [1.165, 1.54) is 6.42 Å². The summed E-state index contributed by atoms with van der Waals surface area (Å²) in [5, 5.41) is 29.6. The Kier molecular flexibility index (Phi) is 7.37. The molecule has 2 rings (SSSR count). The summed E-state index contributed by atoms with van der Waals surface area (Å²) in [5.74, 6) is 7.68. The summed E-state index contributed by atoms with van der Waals surface area (Å²) in [5.41, 5.74) is 0.948. The molecular formula is C25H38O3. The normalized spacial score (nSPS) is 33.1. The van der Waals surface area contributed by atoms with E-state index in [0.717, 1.165) is 24.0 Å². The van der Waals surface area contributed by atoms with Crippen molar-refractivity contribution < 1.29 is 15.3 Å². The molecule has 0 spiro atoms. The minimum absolute atomic E-state index is 0.188. The number of allylic oxidation sites excluding steroid dienone is 3. The van der Waals surface area contributed by atoms with E-state index in [2.05, 4.69) is 51.3 Å². The summed E-state index contributed by atoms with van der Waals surface area (Å²) in [6.45, 7) is 14.4. The third kappa shape index (κ3) is 5.83. The fraction of sp³-hybridized carbons (Fsp3) is 0.680. The highest BCUT2D eigenvalue weighted by molar-refractivity contribution is 5.37. The van der Waals surface area contributed by atoms with Crippen LogP contribution in [-0.4, -0.2) is 33.1 Å². The van der Waals surface area contributed by atoms with Gasteiger partial charge in [0.1, 0.15) is 5.60 Å². The van der Waals surface area contributed by atoms with Crippen LogP contribution in [0.4, 0.5) is 0 Å². The molecule has 0 aromatic heterocycles. The molecule has 0 amide bonds.